The fourth-order valence-electron chi connectivity index (χ4n) is 2.34. The van der Waals surface area contributed by atoms with Gasteiger partial charge in [-0.05, 0) is 26.0 Å². The lowest BCUT2D eigenvalue weighted by Crippen LogP contribution is -2.13. The summed E-state index contributed by atoms with van der Waals surface area (Å²) in [6.07, 6.45) is 7.34. The van der Waals surface area contributed by atoms with Crippen molar-refractivity contribution in [3.63, 3.8) is 0 Å². The lowest BCUT2D eigenvalue weighted by Gasteiger charge is -2.09. The molecule has 0 aliphatic carbocycles. The van der Waals surface area contributed by atoms with E-state index in [1.807, 2.05) is 62.4 Å². The highest BCUT2D eigenvalue weighted by atomic mass is 16.1. The van der Waals surface area contributed by atoms with Gasteiger partial charge in [-0.25, -0.2) is 4.68 Å². The Hall–Kier alpha value is -2.88. The second-order valence-corrected chi connectivity index (χ2v) is 4.79. The van der Waals surface area contributed by atoms with E-state index in [1.54, 1.807) is 10.8 Å². The summed E-state index contributed by atoms with van der Waals surface area (Å²) in [6.45, 7) is 7.51. The lowest BCUT2D eigenvalue weighted by molar-refractivity contribution is 0.0994. The van der Waals surface area contributed by atoms with Gasteiger partial charge in [0.05, 0.1) is 11.4 Å². The molecular formula is C18H19N3O. The summed E-state index contributed by atoms with van der Waals surface area (Å²) < 4.78 is 1.73. The van der Waals surface area contributed by atoms with Crippen molar-refractivity contribution in [1.82, 2.24) is 9.78 Å². The van der Waals surface area contributed by atoms with Crippen LogP contribution >= 0.6 is 0 Å². The summed E-state index contributed by atoms with van der Waals surface area (Å²) in [7, 11) is 0. The van der Waals surface area contributed by atoms with E-state index in [1.165, 1.54) is 0 Å². The molecule has 112 valence electrons. The van der Waals surface area contributed by atoms with E-state index in [0.717, 1.165) is 22.5 Å². The van der Waals surface area contributed by atoms with E-state index in [9.17, 15) is 4.79 Å². The summed E-state index contributed by atoms with van der Waals surface area (Å²) >= 11 is 0. The predicted molar refractivity (Wildman–Crippen MR) is 90.2 cm³/mol. The van der Waals surface area contributed by atoms with E-state index in [0.29, 0.717) is 0 Å². The molecular weight excluding hydrogens is 274 g/mol. The third-order valence-electron chi connectivity index (χ3n) is 3.27. The van der Waals surface area contributed by atoms with Crippen molar-refractivity contribution in [3.05, 3.63) is 72.5 Å². The van der Waals surface area contributed by atoms with Crippen LogP contribution in [0.15, 0.2) is 61.2 Å². The van der Waals surface area contributed by atoms with Gasteiger partial charge in [-0.3, -0.25) is 4.79 Å². The van der Waals surface area contributed by atoms with Gasteiger partial charge >= 0.3 is 0 Å². The van der Waals surface area contributed by atoms with E-state index >= 15 is 0 Å². The van der Waals surface area contributed by atoms with Crippen molar-refractivity contribution >= 4 is 11.6 Å². The average molecular weight is 293 g/mol. The van der Waals surface area contributed by atoms with Crippen molar-refractivity contribution in [2.24, 2.45) is 5.73 Å². The lowest BCUT2D eigenvalue weighted by atomic mass is 10.1. The molecule has 1 aromatic carbocycles. The molecule has 0 aliphatic rings. The Morgan fingerprint density at radius 3 is 2.55 bits per heavy atom. The van der Waals surface area contributed by atoms with Gasteiger partial charge < -0.3 is 5.73 Å². The Kier molecular flexibility index (Phi) is 4.73. The molecule has 1 aromatic heterocycles. The minimum absolute atomic E-state index is 0.276. The molecule has 2 aromatic rings. The van der Waals surface area contributed by atoms with E-state index < -0.39 is 5.91 Å². The second-order valence-electron chi connectivity index (χ2n) is 4.79. The molecule has 4 heteroatoms. The van der Waals surface area contributed by atoms with Crippen LogP contribution in [0.5, 0.6) is 0 Å². The number of amides is 1. The first-order chi connectivity index (χ1) is 10.6. The molecule has 0 saturated carbocycles. The topological polar surface area (TPSA) is 60.9 Å². The Morgan fingerprint density at radius 2 is 2.00 bits per heavy atom. The van der Waals surface area contributed by atoms with Crippen molar-refractivity contribution < 1.29 is 4.79 Å². The van der Waals surface area contributed by atoms with Crippen LogP contribution in [0.25, 0.3) is 17.0 Å². The molecule has 0 bridgehead atoms. The van der Waals surface area contributed by atoms with Crippen LogP contribution in [0.1, 0.15) is 23.0 Å². The molecule has 2 N–H and O–H groups in total. The first-order valence-corrected chi connectivity index (χ1v) is 7.00. The monoisotopic (exact) mass is 293 g/mol. The molecule has 0 atom stereocenters. The third kappa shape index (κ3) is 2.91. The number of carbonyl (C=O) groups excluding carboxylic acids is 1. The Balaban J connectivity index is 2.77. The summed E-state index contributed by atoms with van der Waals surface area (Å²) in [5, 5.41) is 4.40. The van der Waals surface area contributed by atoms with Crippen LogP contribution < -0.4 is 5.73 Å². The van der Waals surface area contributed by atoms with Gasteiger partial charge in [-0.1, -0.05) is 49.1 Å². The normalized spacial score (nSPS) is 11.8. The number of rotatable bonds is 5. The summed E-state index contributed by atoms with van der Waals surface area (Å²) in [5.41, 5.74) is 9.12. The highest BCUT2D eigenvalue weighted by molar-refractivity contribution is 5.94. The molecule has 0 aliphatic heterocycles. The number of nitrogens with two attached hydrogens (primary N) is 1. The average Bonchev–Trinajstić information content (AvgIpc) is 2.85. The summed E-state index contributed by atoms with van der Waals surface area (Å²) in [4.78, 5) is 11.6. The number of allylic oxidation sites excluding steroid dienone is 5. The number of hydrogen-bond acceptors (Lipinski definition) is 2. The maximum Gasteiger partial charge on any atom is 0.269 e. The Bertz CT molecular complexity index is 752. The van der Waals surface area contributed by atoms with E-state index in [2.05, 4.69) is 11.7 Å². The van der Waals surface area contributed by atoms with Crippen molar-refractivity contribution in [2.45, 2.75) is 13.8 Å². The van der Waals surface area contributed by atoms with Crippen LogP contribution in [0.4, 0.5) is 0 Å². The maximum absolute atomic E-state index is 11.6. The fraction of sp³-hybridized carbons (Fsp3) is 0.111. The molecule has 0 radical (unpaired) electrons. The number of aromatic nitrogens is 2. The molecule has 0 unspecified atom stereocenters. The summed E-state index contributed by atoms with van der Waals surface area (Å²) in [5.74, 6) is -0.535. The van der Waals surface area contributed by atoms with Crippen LogP contribution in [-0.2, 0) is 0 Å². The molecule has 4 nitrogen and oxygen atoms in total. The van der Waals surface area contributed by atoms with Gasteiger partial charge in [0.15, 0.2) is 5.69 Å². The summed E-state index contributed by atoms with van der Waals surface area (Å²) in [6, 6.07) is 9.80. The van der Waals surface area contributed by atoms with Gasteiger partial charge in [-0.2, -0.15) is 5.10 Å². The zero-order valence-electron chi connectivity index (χ0n) is 12.8. The second kappa shape index (κ2) is 6.72. The number of hydrogen-bond donors (Lipinski definition) is 1. The van der Waals surface area contributed by atoms with Crippen LogP contribution in [0.3, 0.4) is 0 Å². The molecule has 1 amide bonds. The van der Waals surface area contributed by atoms with Gasteiger partial charge in [0, 0.05) is 11.1 Å². The first-order valence-electron chi connectivity index (χ1n) is 7.00. The standard InChI is InChI=1S/C18H19N3O/c1-4-9-15(10-5-2)21-17(14-11-7-6-8-12-14)13(3)16(20-21)18(19)22/h4-12H,1H2,2-3H3,(H2,19,22)/b10-5-,15-9+. The molecule has 2 rings (SSSR count). The zero-order valence-corrected chi connectivity index (χ0v) is 12.8. The molecule has 0 fully saturated rings. The smallest absolute Gasteiger partial charge is 0.269 e. The largest absolute Gasteiger partial charge is 0.364 e. The highest BCUT2D eigenvalue weighted by Crippen LogP contribution is 2.28. The SMILES string of the molecule is C=C/C=C(\C=C/C)n1nc(C(N)=O)c(C)c1-c1ccccc1. The minimum Gasteiger partial charge on any atom is -0.364 e. The van der Waals surface area contributed by atoms with Gasteiger partial charge in [0.25, 0.3) is 5.91 Å². The van der Waals surface area contributed by atoms with Crippen molar-refractivity contribution in [2.75, 3.05) is 0 Å². The minimum atomic E-state index is -0.535. The number of primary amides is 1. The van der Waals surface area contributed by atoms with E-state index in [-0.39, 0.29) is 5.69 Å². The molecule has 22 heavy (non-hydrogen) atoms. The quantitative estimate of drug-likeness (QED) is 0.857. The van der Waals surface area contributed by atoms with Crippen LogP contribution in [-0.4, -0.2) is 15.7 Å². The number of benzene rings is 1. The van der Waals surface area contributed by atoms with Crippen molar-refractivity contribution in [3.8, 4) is 11.3 Å². The van der Waals surface area contributed by atoms with Gasteiger partial charge in [0.2, 0.25) is 0 Å². The fourth-order valence-corrected chi connectivity index (χ4v) is 2.34. The molecule has 0 spiro atoms. The van der Waals surface area contributed by atoms with Crippen LogP contribution in [0.2, 0.25) is 0 Å². The predicted octanol–water partition coefficient (Wildman–Crippen LogP) is 3.56. The number of nitrogens with zero attached hydrogens (tertiary/aromatic N) is 2. The Labute approximate surface area is 130 Å². The van der Waals surface area contributed by atoms with Gasteiger partial charge in [-0.15, -0.1) is 0 Å². The first kappa shape index (κ1) is 15.5. The highest BCUT2D eigenvalue weighted by Gasteiger charge is 2.20. The molecule has 1 heterocycles. The maximum atomic E-state index is 11.6. The third-order valence-corrected chi connectivity index (χ3v) is 3.27. The zero-order chi connectivity index (χ0) is 16.1. The van der Waals surface area contributed by atoms with Crippen LogP contribution in [0, 0.1) is 6.92 Å². The molecule has 0 saturated heterocycles. The van der Waals surface area contributed by atoms with Crippen molar-refractivity contribution in [1.29, 1.82) is 0 Å². The van der Waals surface area contributed by atoms with Gasteiger partial charge in [0.1, 0.15) is 0 Å². The van der Waals surface area contributed by atoms with E-state index in [4.69, 9.17) is 5.73 Å². The Morgan fingerprint density at radius 1 is 1.32 bits per heavy atom. The number of carbonyl (C=O) groups is 1.